The molecule has 0 saturated carbocycles. The third-order valence-electron chi connectivity index (χ3n) is 10.5. The smallest absolute Gasteiger partial charge is 0.303 e. The molecule has 4 N–H and O–H groups in total. The van der Waals surface area contributed by atoms with Crippen molar-refractivity contribution >= 4 is 11.9 Å². The van der Waals surface area contributed by atoms with Crippen LogP contribution in [-0.2, 0) is 9.59 Å². The van der Waals surface area contributed by atoms with Crippen molar-refractivity contribution in [2.45, 2.75) is 266 Å². The fourth-order valence-electron chi connectivity index (χ4n) is 6.78. The largest absolute Gasteiger partial charge is 0.481 e. The molecule has 0 aliphatic rings. The van der Waals surface area contributed by atoms with Crippen molar-refractivity contribution in [2.75, 3.05) is 6.54 Å². The summed E-state index contributed by atoms with van der Waals surface area (Å²) in [5.41, 5.74) is 8.07. The number of allylic oxidation sites excluding steroid dienone is 4. The molecule has 0 unspecified atom stereocenters. The molecule has 0 fully saturated rings. The quantitative estimate of drug-likeness (QED) is 0.0455. The van der Waals surface area contributed by atoms with E-state index in [1.165, 1.54) is 204 Å². The standard InChI is InChI=1S/2C18H34O2.C10H23N.C8H10/c2*1-2-3-4-5-6-7-8-9-10-11-12-13-14-15-16-17-18(19)20;1-2-3-4-5-6-7-8-9-10-11;1-7-4-3-5-8(2)6-7/h2*9-10H,2-8,11-17H2,1H3,(H,19,20);2-11H2,1H3;3-6H,1-2H3/b2*10-9-;;. The zero-order chi connectivity index (χ0) is 44.1. The fraction of sp³-hybridized carbons (Fsp3) is 0.778. The summed E-state index contributed by atoms with van der Waals surface area (Å²) in [4.78, 5) is 20.6. The van der Waals surface area contributed by atoms with Gasteiger partial charge in [0.25, 0.3) is 0 Å². The van der Waals surface area contributed by atoms with Gasteiger partial charge in [-0.1, -0.05) is 228 Å². The van der Waals surface area contributed by atoms with E-state index in [2.05, 4.69) is 83.2 Å². The number of benzene rings is 1. The topological polar surface area (TPSA) is 101 Å². The first-order chi connectivity index (χ1) is 28.7. The second-order valence-corrected chi connectivity index (χ2v) is 16.9. The monoisotopic (exact) mass is 828 g/mol. The SMILES string of the molecule is CCCCCCCC/C=C\CCCCCCCC(=O)O.CCCCCCCC/C=C\CCCCCCCC(=O)O.CCCCCCCCCCN.Cc1cccc(C)c1. The first-order valence-corrected chi connectivity index (χ1v) is 25.2. The number of nitrogens with two attached hydrogens (primary N) is 1. The molecule has 0 heterocycles. The van der Waals surface area contributed by atoms with E-state index in [-0.39, 0.29) is 0 Å². The molecule has 59 heavy (non-hydrogen) atoms. The number of carboxylic acid groups (broad SMARTS) is 2. The van der Waals surface area contributed by atoms with Crippen LogP contribution in [0.5, 0.6) is 0 Å². The van der Waals surface area contributed by atoms with Crippen molar-refractivity contribution in [3.05, 3.63) is 59.7 Å². The second-order valence-electron chi connectivity index (χ2n) is 16.9. The van der Waals surface area contributed by atoms with Gasteiger partial charge in [-0.25, -0.2) is 0 Å². The van der Waals surface area contributed by atoms with Gasteiger partial charge in [0.2, 0.25) is 0 Å². The molecule has 0 bridgehead atoms. The van der Waals surface area contributed by atoms with Crippen LogP contribution < -0.4 is 5.73 Å². The molecule has 5 nitrogen and oxygen atoms in total. The molecule has 0 radical (unpaired) electrons. The van der Waals surface area contributed by atoms with Crippen LogP contribution >= 0.6 is 0 Å². The molecule has 0 atom stereocenters. The molecule has 1 aromatic carbocycles. The van der Waals surface area contributed by atoms with E-state index in [4.69, 9.17) is 15.9 Å². The maximum Gasteiger partial charge on any atom is 0.303 e. The molecule has 0 saturated heterocycles. The molecular formula is C54H101NO4. The highest BCUT2D eigenvalue weighted by atomic mass is 16.4. The van der Waals surface area contributed by atoms with E-state index in [9.17, 15) is 9.59 Å². The molecule has 0 spiro atoms. The molecule has 346 valence electrons. The van der Waals surface area contributed by atoms with E-state index in [0.29, 0.717) is 12.8 Å². The van der Waals surface area contributed by atoms with Crippen molar-refractivity contribution in [3.63, 3.8) is 0 Å². The lowest BCUT2D eigenvalue weighted by Crippen LogP contribution is -1.97. The van der Waals surface area contributed by atoms with E-state index < -0.39 is 11.9 Å². The summed E-state index contributed by atoms with van der Waals surface area (Å²) in [6.45, 7) is 11.9. The Morgan fingerprint density at radius 1 is 0.424 bits per heavy atom. The lowest BCUT2D eigenvalue weighted by molar-refractivity contribution is -0.138. The molecule has 1 aromatic rings. The highest BCUT2D eigenvalue weighted by Gasteiger charge is 1.97. The first-order valence-electron chi connectivity index (χ1n) is 25.2. The Morgan fingerprint density at radius 3 is 0.915 bits per heavy atom. The van der Waals surface area contributed by atoms with Gasteiger partial charge in [-0.15, -0.1) is 0 Å². The van der Waals surface area contributed by atoms with Crippen molar-refractivity contribution < 1.29 is 19.8 Å². The van der Waals surface area contributed by atoms with Gasteiger partial charge >= 0.3 is 11.9 Å². The summed E-state index contributed by atoms with van der Waals surface area (Å²) in [6, 6.07) is 8.45. The third-order valence-corrected chi connectivity index (χ3v) is 10.5. The second kappa shape index (κ2) is 55.6. The Kier molecular flexibility index (Phi) is 57.4. The summed E-state index contributed by atoms with van der Waals surface area (Å²) in [5, 5.41) is 17.0. The normalized spacial score (nSPS) is 10.8. The highest BCUT2D eigenvalue weighted by Crippen LogP contribution is 2.12. The number of aliphatic carboxylic acids is 2. The Balaban J connectivity index is -0.000000750. The number of aryl methyl sites for hydroxylation is 2. The maximum absolute atomic E-state index is 10.3. The first kappa shape index (κ1) is 60.9. The van der Waals surface area contributed by atoms with E-state index in [1.54, 1.807) is 0 Å². The minimum absolute atomic E-state index is 0.332. The molecule has 5 heteroatoms. The van der Waals surface area contributed by atoms with E-state index in [1.807, 2.05) is 0 Å². The summed E-state index contributed by atoms with van der Waals surface area (Å²) in [5.74, 6) is -1.33. The van der Waals surface area contributed by atoms with Gasteiger partial charge in [0, 0.05) is 12.8 Å². The summed E-state index contributed by atoms with van der Waals surface area (Å²) in [6.07, 6.45) is 53.5. The van der Waals surface area contributed by atoms with Crippen molar-refractivity contribution in [1.29, 1.82) is 0 Å². The lowest BCUT2D eigenvalue weighted by atomic mass is 10.1. The molecule has 0 aliphatic heterocycles. The summed E-state index contributed by atoms with van der Waals surface area (Å²) in [7, 11) is 0. The van der Waals surface area contributed by atoms with Crippen LogP contribution in [0.2, 0.25) is 0 Å². The van der Waals surface area contributed by atoms with E-state index >= 15 is 0 Å². The Hall–Kier alpha value is -2.40. The molecule has 0 amide bonds. The van der Waals surface area contributed by atoms with Gasteiger partial charge in [-0.3, -0.25) is 9.59 Å². The van der Waals surface area contributed by atoms with Gasteiger partial charge in [0.05, 0.1) is 0 Å². The number of unbranched alkanes of at least 4 members (excludes halogenated alkanes) is 29. The zero-order valence-corrected chi connectivity index (χ0v) is 40.1. The van der Waals surface area contributed by atoms with Crippen LogP contribution in [0.25, 0.3) is 0 Å². The van der Waals surface area contributed by atoms with Crippen LogP contribution in [0, 0.1) is 13.8 Å². The van der Waals surface area contributed by atoms with Crippen LogP contribution in [0.3, 0.4) is 0 Å². The zero-order valence-electron chi connectivity index (χ0n) is 40.1. The summed E-state index contributed by atoms with van der Waals surface area (Å²) >= 11 is 0. The average molecular weight is 828 g/mol. The van der Waals surface area contributed by atoms with Crippen molar-refractivity contribution in [3.8, 4) is 0 Å². The Bertz CT molecular complexity index is 944. The number of hydrogen-bond donors (Lipinski definition) is 3. The number of carboxylic acids is 2. The highest BCUT2D eigenvalue weighted by molar-refractivity contribution is 5.66. The minimum atomic E-state index is -0.664. The maximum atomic E-state index is 10.3. The number of rotatable bonds is 38. The summed E-state index contributed by atoms with van der Waals surface area (Å²) < 4.78 is 0. The molecule has 1 rings (SSSR count). The van der Waals surface area contributed by atoms with Gasteiger partial charge in [-0.2, -0.15) is 0 Å². The molecule has 0 aliphatic carbocycles. The lowest BCUT2D eigenvalue weighted by Gasteiger charge is -1.99. The van der Waals surface area contributed by atoms with Gasteiger partial charge < -0.3 is 15.9 Å². The fourth-order valence-corrected chi connectivity index (χ4v) is 6.78. The number of hydrogen-bond acceptors (Lipinski definition) is 3. The Labute approximate surface area is 368 Å². The van der Waals surface area contributed by atoms with Crippen molar-refractivity contribution in [2.24, 2.45) is 5.73 Å². The predicted octanol–water partition coefficient (Wildman–Crippen LogP) is 17.6. The third kappa shape index (κ3) is 64.9. The van der Waals surface area contributed by atoms with Crippen LogP contribution in [0.15, 0.2) is 48.6 Å². The van der Waals surface area contributed by atoms with Crippen LogP contribution in [0.4, 0.5) is 0 Å². The average Bonchev–Trinajstić information content (AvgIpc) is 3.21. The van der Waals surface area contributed by atoms with Crippen LogP contribution in [-0.4, -0.2) is 28.7 Å². The van der Waals surface area contributed by atoms with Crippen molar-refractivity contribution in [1.82, 2.24) is 0 Å². The van der Waals surface area contributed by atoms with E-state index in [0.717, 1.165) is 32.2 Å². The predicted molar refractivity (Wildman–Crippen MR) is 262 cm³/mol. The molecule has 0 aromatic heterocycles. The number of carbonyl (C=O) groups is 2. The Morgan fingerprint density at radius 2 is 0.678 bits per heavy atom. The van der Waals surface area contributed by atoms with Gasteiger partial charge in [-0.05, 0) is 91.0 Å². The minimum Gasteiger partial charge on any atom is -0.481 e. The van der Waals surface area contributed by atoms with Crippen LogP contribution in [0.1, 0.15) is 263 Å². The molecular weight excluding hydrogens is 727 g/mol. The van der Waals surface area contributed by atoms with Gasteiger partial charge in [0.1, 0.15) is 0 Å². The van der Waals surface area contributed by atoms with Gasteiger partial charge in [0.15, 0.2) is 0 Å².